The van der Waals surface area contributed by atoms with Gasteiger partial charge >= 0.3 is 0 Å². The van der Waals surface area contributed by atoms with Crippen molar-refractivity contribution in [3.05, 3.63) is 59.4 Å². The van der Waals surface area contributed by atoms with Crippen molar-refractivity contribution in [2.24, 2.45) is 5.92 Å². The molecule has 0 saturated carbocycles. The van der Waals surface area contributed by atoms with Gasteiger partial charge in [0.25, 0.3) is 0 Å². The number of hydrogen-bond acceptors (Lipinski definition) is 3. The van der Waals surface area contributed by atoms with E-state index in [1.165, 1.54) is 22.5 Å². The molecule has 0 spiro atoms. The molecule has 35 heavy (non-hydrogen) atoms. The first kappa shape index (κ1) is 26.8. The second-order valence-corrected chi connectivity index (χ2v) is 9.61. The molecular formula is C30H43N3O2. The summed E-state index contributed by atoms with van der Waals surface area (Å²) in [6.07, 6.45) is 8.05. The maximum absolute atomic E-state index is 12.1. The summed E-state index contributed by atoms with van der Waals surface area (Å²) in [5, 5.41) is 3.10. The molecule has 0 bridgehead atoms. The molecule has 1 amide bonds. The van der Waals surface area contributed by atoms with Crippen molar-refractivity contribution in [1.29, 1.82) is 0 Å². The number of nitrogens with zero attached hydrogens (tertiary/aromatic N) is 2. The van der Waals surface area contributed by atoms with Crippen LogP contribution in [0.4, 0.5) is 0 Å². The van der Waals surface area contributed by atoms with Crippen LogP contribution >= 0.6 is 0 Å². The maximum Gasteiger partial charge on any atom is 0.223 e. The van der Waals surface area contributed by atoms with Crippen molar-refractivity contribution in [1.82, 2.24) is 14.9 Å². The molecule has 5 heteroatoms. The molecule has 0 fully saturated rings. The van der Waals surface area contributed by atoms with Gasteiger partial charge in [-0.1, -0.05) is 50.1 Å². The first-order valence-electron chi connectivity index (χ1n) is 13.4. The summed E-state index contributed by atoms with van der Waals surface area (Å²) in [6, 6.07) is 14.8. The average molecular weight is 478 g/mol. The summed E-state index contributed by atoms with van der Waals surface area (Å²) in [4.78, 5) is 17.1. The van der Waals surface area contributed by atoms with E-state index >= 15 is 0 Å². The molecule has 0 aliphatic rings. The number of amides is 1. The third-order valence-corrected chi connectivity index (χ3v) is 6.83. The third-order valence-electron chi connectivity index (χ3n) is 6.83. The first-order chi connectivity index (χ1) is 17.0. The van der Waals surface area contributed by atoms with Crippen molar-refractivity contribution < 1.29 is 9.53 Å². The average Bonchev–Trinajstić information content (AvgIpc) is 3.20. The fourth-order valence-electron chi connectivity index (χ4n) is 4.68. The van der Waals surface area contributed by atoms with Gasteiger partial charge in [-0.05, 0) is 76.1 Å². The molecule has 0 aliphatic heterocycles. The van der Waals surface area contributed by atoms with E-state index in [1.54, 1.807) is 0 Å². The molecule has 0 aliphatic carbocycles. The number of aromatic nitrogens is 2. The SMILES string of the molecule is CCC(CC)C(=O)NCCCCCc1nc2ccccc2n1CCCCOc1ccc(C)cc1C. The zero-order valence-corrected chi connectivity index (χ0v) is 22.1. The zero-order valence-electron chi connectivity index (χ0n) is 22.1. The number of hydrogen-bond donors (Lipinski definition) is 1. The number of imidazole rings is 1. The highest BCUT2D eigenvalue weighted by Gasteiger charge is 2.13. The largest absolute Gasteiger partial charge is 0.493 e. The van der Waals surface area contributed by atoms with Crippen LogP contribution in [0.15, 0.2) is 42.5 Å². The molecular weight excluding hydrogens is 434 g/mol. The van der Waals surface area contributed by atoms with Crippen LogP contribution in [0.25, 0.3) is 11.0 Å². The Morgan fingerprint density at radius 3 is 2.57 bits per heavy atom. The predicted molar refractivity (Wildman–Crippen MR) is 145 cm³/mol. The van der Waals surface area contributed by atoms with E-state index in [0.29, 0.717) is 0 Å². The molecule has 5 nitrogen and oxygen atoms in total. The van der Waals surface area contributed by atoms with Crippen LogP contribution < -0.4 is 10.1 Å². The lowest BCUT2D eigenvalue weighted by Gasteiger charge is -2.13. The van der Waals surface area contributed by atoms with Gasteiger partial charge in [0, 0.05) is 25.4 Å². The van der Waals surface area contributed by atoms with Gasteiger partial charge in [0.05, 0.1) is 17.6 Å². The number of rotatable bonds is 15. The second kappa shape index (κ2) is 13.9. The Hall–Kier alpha value is -2.82. The standard InChI is InChI=1S/C30H43N3O2/c1-5-25(6-2)30(34)31-19-11-7-8-16-29-32-26-14-9-10-15-27(26)33(29)20-12-13-21-35-28-18-17-23(3)22-24(28)4/h9-10,14-15,17-18,22,25H,5-8,11-13,16,19-21H2,1-4H3,(H,31,34). The van der Waals surface area contributed by atoms with Gasteiger partial charge in [0.15, 0.2) is 0 Å². The highest BCUT2D eigenvalue weighted by Crippen LogP contribution is 2.21. The van der Waals surface area contributed by atoms with E-state index in [4.69, 9.17) is 9.72 Å². The Kier molecular flexibility index (Phi) is 10.6. The fourth-order valence-corrected chi connectivity index (χ4v) is 4.68. The Balaban J connectivity index is 1.45. The lowest BCUT2D eigenvalue weighted by atomic mass is 10.0. The minimum atomic E-state index is 0.154. The number of unbranched alkanes of at least 4 members (excludes halogenated alkanes) is 3. The highest BCUT2D eigenvalue weighted by molar-refractivity contribution is 5.78. The minimum absolute atomic E-state index is 0.154. The molecule has 190 valence electrons. The van der Waals surface area contributed by atoms with Gasteiger partial charge in [0.2, 0.25) is 5.91 Å². The topological polar surface area (TPSA) is 56.2 Å². The van der Waals surface area contributed by atoms with Crippen LogP contribution in [0.5, 0.6) is 5.75 Å². The summed E-state index contributed by atoms with van der Waals surface area (Å²) >= 11 is 0. The van der Waals surface area contributed by atoms with Gasteiger partial charge in [-0.25, -0.2) is 4.98 Å². The van der Waals surface area contributed by atoms with E-state index < -0.39 is 0 Å². The van der Waals surface area contributed by atoms with Crippen molar-refractivity contribution in [3.63, 3.8) is 0 Å². The maximum atomic E-state index is 12.1. The van der Waals surface area contributed by atoms with Crippen LogP contribution in [0.1, 0.15) is 75.7 Å². The Labute approximate surface area is 211 Å². The number of carbonyl (C=O) groups is 1. The number of benzene rings is 2. The number of aryl methyl sites for hydroxylation is 4. The van der Waals surface area contributed by atoms with Gasteiger partial charge in [0.1, 0.15) is 11.6 Å². The highest BCUT2D eigenvalue weighted by atomic mass is 16.5. The first-order valence-corrected chi connectivity index (χ1v) is 13.4. The monoisotopic (exact) mass is 477 g/mol. The summed E-state index contributed by atoms with van der Waals surface area (Å²) in [7, 11) is 0. The van der Waals surface area contributed by atoms with Crippen LogP contribution in [0.3, 0.4) is 0 Å². The van der Waals surface area contributed by atoms with Gasteiger partial charge in [-0.2, -0.15) is 0 Å². The van der Waals surface area contributed by atoms with E-state index in [1.807, 2.05) is 0 Å². The lowest BCUT2D eigenvalue weighted by Crippen LogP contribution is -2.30. The van der Waals surface area contributed by atoms with E-state index in [-0.39, 0.29) is 11.8 Å². The van der Waals surface area contributed by atoms with Crippen molar-refractivity contribution in [2.45, 2.75) is 85.6 Å². The van der Waals surface area contributed by atoms with Crippen LogP contribution in [0.2, 0.25) is 0 Å². The van der Waals surface area contributed by atoms with Crippen molar-refractivity contribution in [3.8, 4) is 5.75 Å². The van der Waals surface area contributed by atoms with E-state index in [2.05, 4.69) is 80.0 Å². The quantitative estimate of drug-likeness (QED) is 0.246. The molecule has 0 saturated heterocycles. The van der Waals surface area contributed by atoms with Crippen LogP contribution in [0, 0.1) is 19.8 Å². The van der Waals surface area contributed by atoms with E-state index in [9.17, 15) is 4.79 Å². The molecule has 3 rings (SSSR count). The molecule has 0 atom stereocenters. The number of nitrogens with one attached hydrogen (secondary N) is 1. The van der Waals surface area contributed by atoms with Crippen molar-refractivity contribution in [2.75, 3.05) is 13.2 Å². The van der Waals surface area contributed by atoms with E-state index in [0.717, 1.165) is 82.3 Å². The molecule has 3 aromatic rings. The number of ether oxygens (including phenoxy) is 1. The van der Waals surface area contributed by atoms with Crippen molar-refractivity contribution >= 4 is 16.9 Å². The van der Waals surface area contributed by atoms with Gasteiger partial charge in [-0.15, -0.1) is 0 Å². The summed E-state index contributed by atoms with van der Waals surface area (Å²) in [6.45, 7) is 10.8. The summed E-state index contributed by atoms with van der Waals surface area (Å²) in [5.41, 5.74) is 4.76. The molecule has 1 N–H and O–H groups in total. The number of carbonyl (C=O) groups excluding carboxylic acids is 1. The molecule has 0 radical (unpaired) electrons. The van der Waals surface area contributed by atoms with Crippen LogP contribution in [-0.4, -0.2) is 28.6 Å². The second-order valence-electron chi connectivity index (χ2n) is 9.61. The lowest BCUT2D eigenvalue weighted by molar-refractivity contribution is -0.125. The minimum Gasteiger partial charge on any atom is -0.493 e. The van der Waals surface area contributed by atoms with Gasteiger partial charge in [-0.3, -0.25) is 4.79 Å². The summed E-state index contributed by atoms with van der Waals surface area (Å²) < 4.78 is 8.41. The zero-order chi connectivity index (χ0) is 25.0. The predicted octanol–water partition coefficient (Wildman–Crippen LogP) is 6.78. The number of fused-ring (bicyclic) bond motifs is 1. The Bertz CT molecular complexity index is 1070. The smallest absolute Gasteiger partial charge is 0.223 e. The summed E-state index contributed by atoms with van der Waals surface area (Å²) in [5.74, 6) is 2.52. The Morgan fingerprint density at radius 2 is 1.80 bits per heavy atom. The molecule has 1 heterocycles. The molecule has 2 aromatic carbocycles. The van der Waals surface area contributed by atoms with Crippen LogP contribution in [-0.2, 0) is 17.8 Å². The number of para-hydroxylation sites is 2. The van der Waals surface area contributed by atoms with Gasteiger partial charge < -0.3 is 14.6 Å². The molecule has 1 aromatic heterocycles. The normalized spacial score (nSPS) is 11.3. The molecule has 0 unspecified atom stereocenters. The third kappa shape index (κ3) is 7.84. The fraction of sp³-hybridized carbons (Fsp3) is 0.533. The Morgan fingerprint density at radius 1 is 1.00 bits per heavy atom.